The van der Waals surface area contributed by atoms with Crippen LogP contribution in [-0.2, 0) is 32.7 Å². The van der Waals surface area contributed by atoms with Gasteiger partial charge in [0.15, 0.2) is 6.10 Å². The third-order valence-corrected chi connectivity index (χ3v) is 9.89. The molecule has 0 radical (unpaired) electrons. The number of hydrogen-bond acceptors (Lipinski definition) is 8. The van der Waals surface area contributed by atoms with E-state index in [1.54, 1.807) is 0 Å². The number of phosphoric ester groups is 1. The third-order valence-electron chi connectivity index (χ3n) is 8.90. The van der Waals surface area contributed by atoms with Crippen LogP contribution in [0.1, 0.15) is 200 Å². The molecule has 0 amide bonds. The number of carbonyl (C=O) groups is 2. The molecule has 0 aliphatic heterocycles. The minimum atomic E-state index is -4.37. The van der Waals surface area contributed by atoms with E-state index in [-0.39, 0.29) is 38.6 Å². The van der Waals surface area contributed by atoms with Crippen molar-refractivity contribution in [3.63, 3.8) is 0 Å². The zero-order valence-corrected chi connectivity index (χ0v) is 33.3. The van der Waals surface area contributed by atoms with Crippen LogP contribution >= 0.6 is 7.82 Å². The fourth-order valence-corrected chi connectivity index (χ4v) is 6.57. The number of phosphoric acid groups is 1. The minimum Gasteiger partial charge on any atom is -0.462 e. The van der Waals surface area contributed by atoms with Crippen molar-refractivity contribution in [1.29, 1.82) is 0 Å². The molecule has 0 aliphatic carbocycles. The van der Waals surface area contributed by atoms with Crippen molar-refractivity contribution in [3.8, 4) is 0 Å². The molecule has 10 heteroatoms. The Morgan fingerprint density at radius 3 is 1.44 bits per heavy atom. The van der Waals surface area contributed by atoms with Crippen molar-refractivity contribution in [2.75, 3.05) is 26.4 Å². The van der Waals surface area contributed by atoms with Gasteiger partial charge in [-0.15, -0.1) is 0 Å². The van der Waals surface area contributed by atoms with Crippen molar-refractivity contribution < 1.29 is 37.6 Å². The lowest BCUT2D eigenvalue weighted by Gasteiger charge is -2.19. The van der Waals surface area contributed by atoms with Gasteiger partial charge in [0.25, 0.3) is 0 Å². The molecule has 0 aromatic heterocycles. The van der Waals surface area contributed by atoms with Gasteiger partial charge >= 0.3 is 19.8 Å². The summed E-state index contributed by atoms with van der Waals surface area (Å²) in [6.45, 7) is 3.72. The van der Waals surface area contributed by atoms with E-state index in [2.05, 4.69) is 26.0 Å². The molecule has 2 atom stereocenters. The van der Waals surface area contributed by atoms with Gasteiger partial charge in [0.2, 0.25) is 0 Å². The first-order valence-electron chi connectivity index (χ1n) is 20.7. The molecule has 50 heavy (non-hydrogen) atoms. The highest BCUT2D eigenvalue weighted by Crippen LogP contribution is 2.43. The number of unbranched alkanes of at least 4 members (excludes halogenated alkanes) is 24. The standard InChI is InChI=1S/C40H78NO8P/c1-3-5-7-9-11-13-15-17-18-19-21-22-24-26-28-30-32-39(42)46-36-38(37-48-50(44,45)47-35-34-41)49-40(43)33-31-29-27-25-23-20-16-14-12-10-8-6-4-2/h14,16,38H,3-13,15,17-37,41H2,1-2H3,(H,44,45)/b16-14-. The van der Waals surface area contributed by atoms with Crippen LogP contribution in [0.5, 0.6) is 0 Å². The maximum atomic E-state index is 12.5. The average molecular weight is 732 g/mol. The molecule has 296 valence electrons. The van der Waals surface area contributed by atoms with Gasteiger partial charge in [-0.05, 0) is 38.5 Å². The average Bonchev–Trinajstić information content (AvgIpc) is 3.10. The Morgan fingerprint density at radius 1 is 0.580 bits per heavy atom. The normalized spacial score (nSPS) is 13.4. The zero-order valence-electron chi connectivity index (χ0n) is 32.4. The summed E-state index contributed by atoms with van der Waals surface area (Å²) in [5, 5.41) is 0. The second-order valence-corrected chi connectivity index (χ2v) is 15.3. The van der Waals surface area contributed by atoms with Crippen molar-refractivity contribution >= 4 is 19.8 Å². The van der Waals surface area contributed by atoms with E-state index in [0.29, 0.717) is 6.42 Å². The van der Waals surface area contributed by atoms with Crippen LogP contribution in [0.4, 0.5) is 0 Å². The number of carbonyl (C=O) groups excluding carboxylic acids is 2. The summed E-state index contributed by atoms with van der Waals surface area (Å²) in [6.07, 6.45) is 36.6. The van der Waals surface area contributed by atoms with Crippen LogP contribution in [0.2, 0.25) is 0 Å². The lowest BCUT2D eigenvalue weighted by molar-refractivity contribution is -0.161. The van der Waals surface area contributed by atoms with Gasteiger partial charge in [0, 0.05) is 19.4 Å². The fourth-order valence-electron chi connectivity index (χ4n) is 5.81. The lowest BCUT2D eigenvalue weighted by atomic mass is 10.0. The van der Waals surface area contributed by atoms with Gasteiger partial charge in [0.05, 0.1) is 13.2 Å². The van der Waals surface area contributed by atoms with E-state index in [4.69, 9.17) is 24.3 Å². The van der Waals surface area contributed by atoms with E-state index in [9.17, 15) is 19.0 Å². The van der Waals surface area contributed by atoms with E-state index in [1.165, 1.54) is 116 Å². The quantitative estimate of drug-likeness (QED) is 0.0274. The largest absolute Gasteiger partial charge is 0.472 e. The Morgan fingerprint density at radius 2 is 0.980 bits per heavy atom. The van der Waals surface area contributed by atoms with Gasteiger partial charge in [-0.25, -0.2) is 4.57 Å². The highest BCUT2D eigenvalue weighted by Gasteiger charge is 2.26. The van der Waals surface area contributed by atoms with Crippen LogP contribution in [0.3, 0.4) is 0 Å². The molecular formula is C40H78NO8P. The van der Waals surface area contributed by atoms with Gasteiger partial charge in [-0.3, -0.25) is 18.6 Å². The van der Waals surface area contributed by atoms with E-state index < -0.39 is 26.5 Å². The SMILES string of the molecule is CCCCCC/C=C\CCCCCCCC(=O)OC(COC(=O)CCCCCCCCCCCCCCCCCC)COP(=O)(O)OCCN. The maximum Gasteiger partial charge on any atom is 0.472 e. The number of nitrogens with two attached hydrogens (primary N) is 1. The maximum absolute atomic E-state index is 12.5. The van der Waals surface area contributed by atoms with Crippen LogP contribution in [0.25, 0.3) is 0 Å². The van der Waals surface area contributed by atoms with Gasteiger partial charge in [-0.1, -0.05) is 161 Å². The molecule has 0 saturated carbocycles. The molecule has 0 saturated heterocycles. The topological polar surface area (TPSA) is 134 Å². The molecular weight excluding hydrogens is 653 g/mol. The predicted molar refractivity (Wildman–Crippen MR) is 206 cm³/mol. The highest BCUT2D eigenvalue weighted by atomic mass is 31.2. The number of hydrogen-bond donors (Lipinski definition) is 2. The second-order valence-electron chi connectivity index (χ2n) is 13.9. The third kappa shape index (κ3) is 36.5. The molecule has 0 aromatic carbocycles. The Balaban J connectivity index is 4.15. The van der Waals surface area contributed by atoms with E-state index in [0.717, 1.165) is 51.4 Å². The fraction of sp³-hybridized carbons (Fsp3) is 0.900. The first-order chi connectivity index (χ1) is 24.3. The predicted octanol–water partition coefficient (Wildman–Crippen LogP) is 11.4. The number of rotatable bonds is 39. The monoisotopic (exact) mass is 732 g/mol. The van der Waals surface area contributed by atoms with Crippen LogP contribution in [0.15, 0.2) is 12.2 Å². The van der Waals surface area contributed by atoms with E-state index in [1.807, 2.05) is 0 Å². The zero-order chi connectivity index (χ0) is 36.8. The summed E-state index contributed by atoms with van der Waals surface area (Å²) in [7, 11) is -4.37. The Labute approximate surface area is 307 Å². The molecule has 0 heterocycles. The molecule has 0 aromatic rings. The summed E-state index contributed by atoms with van der Waals surface area (Å²) in [5.41, 5.74) is 5.34. The second kappa shape index (κ2) is 37.5. The summed E-state index contributed by atoms with van der Waals surface area (Å²) in [6, 6.07) is 0. The molecule has 9 nitrogen and oxygen atoms in total. The lowest BCUT2D eigenvalue weighted by Crippen LogP contribution is -2.29. The van der Waals surface area contributed by atoms with Crippen molar-refractivity contribution in [1.82, 2.24) is 0 Å². The molecule has 0 rings (SSSR count). The van der Waals surface area contributed by atoms with Gasteiger partial charge in [-0.2, -0.15) is 0 Å². The number of ether oxygens (including phenoxy) is 2. The van der Waals surface area contributed by atoms with Crippen LogP contribution in [0, 0.1) is 0 Å². The molecule has 0 aliphatic rings. The molecule has 2 unspecified atom stereocenters. The molecule has 0 spiro atoms. The summed E-state index contributed by atoms with van der Waals surface area (Å²) in [5.74, 6) is -0.830. The van der Waals surface area contributed by atoms with Gasteiger partial charge < -0.3 is 20.1 Å². The highest BCUT2D eigenvalue weighted by molar-refractivity contribution is 7.47. The molecule has 3 N–H and O–H groups in total. The minimum absolute atomic E-state index is 0.0547. The van der Waals surface area contributed by atoms with Crippen LogP contribution < -0.4 is 5.73 Å². The Kier molecular flexibility index (Phi) is 36.6. The Bertz CT molecular complexity index is 840. The van der Waals surface area contributed by atoms with Crippen LogP contribution in [-0.4, -0.2) is 49.3 Å². The smallest absolute Gasteiger partial charge is 0.462 e. The Hall–Kier alpha value is -1.25. The van der Waals surface area contributed by atoms with Gasteiger partial charge in [0.1, 0.15) is 6.61 Å². The first kappa shape index (κ1) is 48.8. The molecule has 0 bridgehead atoms. The summed E-state index contributed by atoms with van der Waals surface area (Å²) < 4.78 is 32.7. The molecule has 0 fully saturated rings. The number of esters is 2. The summed E-state index contributed by atoms with van der Waals surface area (Å²) in [4.78, 5) is 34.8. The number of allylic oxidation sites excluding steroid dienone is 2. The van der Waals surface area contributed by atoms with Crippen molar-refractivity contribution in [2.45, 2.75) is 206 Å². The van der Waals surface area contributed by atoms with E-state index >= 15 is 0 Å². The summed E-state index contributed by atoms with van der Waals surface area (Å²) >= 11 is 0. The van der Waals surface area contributed by atoms with Crippen molar-refractivity contribution in [3.05, 3.63) is 12.2 Å². The first-order valence-corrected chi connectivity index (χ1v) is 22.2. The van der Waals surface area contributed by atoms with Crippen molar-refractivity contribution in [2.24, 2.45) is 5.73 Å².